The van der Waals surface area contributed by atoms with Crippen molar-refractivity contribution in [2.45, 2.75) is 49.0 Å². The SMILES string of the molecule is CSc1ccc([C@H]2CC(=O)Nc3c2cnn3C2CCCC2)cc1. The lowest BCUT2D eigenvalue weighted by atomic mass is 9.87. The molecule has 4 rings (SSSR count). The number of anilines is 1. The summed E-state index contributed by atoms with van der Waals surface area (Å²) in [4.78, 5) is 13.5. The van der Waals surface area contributed by atoms with Crippen molar-refractivity contribution in [2.24, 2.45) is 0 Å². The topological polar surface area (TPSA) is 46.9 Å². The normalized spacial score (nSPS) is 21.3. The molecule has 1 fully saturated rings. The molecule has 2 aliphatic rings. The molecule has 0 spiro atoms. The minimum absolute atomic E-state index is 0.0937. The molecule has 1 aromatic carbocycles. The molecule has 0 bridgehead atoms. The first-order valence-corrected chi connectivity index (χ1v) is 9.50. The molecule has 1 aliphatic carbocycles. The van der Waals surface area contributed by atoms with E-state index in [0.717, 1.165) is 24.2 Å². The lowest BCUT2D eigenvalue weighted by molar-refractivity contribution is -0.116. The van der Waals surface area contributed by atoms with E-state index < -0.39 is 0 Å². The van der Waals surface area contributed by atoms with Gasteiger partial charge >= 0.3 is 0 Å². The average Bonchev–Trinajstić information content (AvgIpc) is 3.23. The number of rotatable bonds is 3. The second kappa shape index (κ2) is 6.04. The fourth-order valence-corrected chi connectivity index (χ4v) is 4.21. The Bertz CT molecular complexity index is 716. The molecule has 1 atom stereocenters. The Morgan fingerprint density at radius 2 is 1.96 bits per heavy atom. The fourth-order valence-electron chi connectivity index (χ4n) is 3.80. The number of hydrogen-bond donors (Lipinski definition) is 1. The number of thioether (sulfide) groups is 1. The lowest BCUT2D eigenvalue weighted by Crippen LogP contribution is -2.25. The fraction of sp³-hybridized carbons (Fsp3) is 0.444. The number of carbonyl (C=O) groups excluding carboxylic acids is 1. The smallest absolute Gasteiger partial charge is 0.226 e. The molecule has 4 nitrogen and oxygen atoms in total. The predicted octanol–water partition coefficient (Wildman–Crippen LogP) is 4.19. The second-order valence-electron chi connectivity index (χ2n) is 6.41. The first-order valence-electron chi connectivity index (χ1n) is 8.27. The number of hydrogen-bond acceptors (Lipinski definition) is 3. The Kier molecular flexibility index (Phi) is 3.89. The number of nitrogens with one attached hydrogen (secondary N) is 1. The zero-order chi connectivity index (χ0) is 15.8. The maximum atomic E-state index is 12.2. The summed E-state index contributed by atoms with van der Waals surface area (Å²) in [6, 6.07) is 9.00. The van der Waals surface area contributed by atoms with Gasteiger partial charge in [-0.05, 0) is 36.8 Å². The van der Waals surface area contributed by atoms with Crippen LogP contribution in [0.3, 0.4) is 0 Å². The number of fused-ring (bicyclic) bond motifs is 1. The van der Waals surface area contributed by atoms with E-state index in [-0.39, 0.29) is 11.8 Å². The Balaban J connectivity index is 1.71. The van der Waals surface area contributed by atoms with Crippen molar-refractivity contribution < 1.29 is 4.79 Å². The molecule has 1 aromatic heterocycles. The number of nitrogens with zero attached hydrogens (tertiary/aromatic N) is 2. The summed E-state index contributed by atoms with van der Waals surface area (Å²) in [6.07, 6.45) is 9.38. The maximum absolute atomic E-state index is 12.2. The van der Waals surface area contributed by atoms with Crippen LogP contribution in [0.5, 0.6) is 0 Å². The van der Waals surface area contributed by atoms with Crippen LogP contribution in [0, 0.1) is 0 Å². The summed E-state index contributed by atoms with van der Waals surface area (Å²) in [7, 11) is 0. The van der Waals surface area contributed by atoms with E-state index >= 15 is 0 Å². The van der Waals surface area contributed by atoms with Crippen LogP contribution in [0.1, 0.15) is 55.2 Å². The van der Waals surface area contributed by atoms with E-state index in [1.54, 1.807) is 11.8 Å². The summed E-state index contributed by atoms with van der Waals surface area (Å²) in [6.45, 7) is 0. The van der Waals surface area contributed by atoms with Gasteiger partial charge in [-0.25, -0.2) is 4.68 Å². The van der Waals surface area contributed by atoms with Gasteiger partial charge in [0.25, 0.3) is 0 Å². The zero-order valence-corrected chi connectivity index (χ0v) is 14.1. The molecule has 0 unspecified atom stereocenters. The van der Waals surface area contributed by atoms with Crippen LogP contribution in [0.2, 0.25) is 0 Å². The summed E-state index contributed by atoms with van der Waals surface area (Å²) in [5.41, 5.74) is 2.36. The van der Waals surface area contributed by atoms with E-state index in [1.807, 2.05) is 6.20 Å². The van der Waals surface area contributed by atoms with Gasteiger partial charge in [0.1, 0.15) is 5.82 Å². The van der Waals surface area contributed by atoms with Gasteiger partial charge in [-0.3, -0.25) is 4.79 Å². The third-order valence-electron chi connectivity index (χ3n) is 5.04. The molecular weight excluding hydrogens is 306 g/mol. The molecule has 0 radical (unpaired) electrons. The molecule has 23 heavy (non-hydrogen) atoms. The summed E-state index contributed by atoms with van der Waals surface area (Å²) in [5, 5.41) is 7.69. The van der Waals surface area contributed by atoms with Crippen LogP contribution in [0.15, 0.2) is 35.4 Å². The molecule has 2 aromatic rings. The number of benzene rings is 1. The highest BCUT2D eigenvalue weighted by atomic mass is 32.2. The van der Waals surface area contributed by atoms with Gasteiger partial charge in [-0.1, -0.05) is 25.0 Å². The average molecular weight is 327 g/mol. The van der Waals surface area contributed by atoms with Crippen LogP contribution in [0.4, 0.5) is 5.82 Å². The van der Waals surface area contributed by atoms with Crippen LogP contribution < -0.4 is 5.32 Å². The minimum atomic E-state index is 0.0937. The number of carbonyl (C=O) groups is 1. The van der Waals surface area contributed by atoms with Gasteiger partial charge < -0.3 is 5.32 Å². The van der Waals surface area contributed by atoms with Crippen molar-refractivity contribution in [3.05, 3.63) is 41.6 Å². The van der Waals surface area contributed by atoms with Gasteiger partial charge in [0.2, 0.25) is 5.91 Å². The molecular formula is C18H21N3OS. The van der Waals surface area contributed by atoms with Crippen molar-refractivity contribution >= 4 is 23.5 Å². The van der Waals surface area contributed by atoms with E-state index in [0.29, 0.717) is 12.5 Å². The minimum Gasteiger partial charge on any atom is -0.311 e. The quantitative estimate of drug-likeness (QED) is 0.860. The van der Waals surface area contributed by atoms with E-state index in [2.05, 4.69) is 45.6 Å². The van der Waals surface area contributed by atoms with E-state index in [1.165, 1.54) is 23.3 Å². The van der Waals surface area contributed by atoms with E-state index in [4.69, 9.17) is 0 Å². The zero-order valence-electron chi connectivity index (χ0n) is 13.3. The van der Waals surface area contributed by atoms with E-state index in [9.17, 15) is 4.79 Å². The maximum Gasteiger partial charge on any atom is 0.226 e. The van der Waals surface area contributed by atoms with Crippen LogP contribution in [-0.2, 0) is 4.79 Å². The van der Waals surface area contributed by atoms with Crippen LogP contribution in [0.25, 0.3) is 0 Å². The Morgan fingerprint density at radius 3 is 2.65 bits per heavy atom. The van der Waals surface area contributed by atoms with Crippen molar-refractivity contribution in [3.63, 3.8) is 0 Å². The Labute approximate surface area is 140 Å². The summed E-state index contributed by atoms with van der Waals surface area (Å²) in [5.74, 6) is 1.13. The summed E-state index contributed by atoms with van der Waals surface area (Å²) >= 11 is 1.74. The Hall–Kier alpha value is -1.75. The molecule has 120 valence electrons. The third kappa shape index (κ3) is 2.67. The predicted molar refractivity (Wildman–Crippen MR) is 93.0 cm³/mol. The largest absolute Gasteiger partial charge is 0.311 e. The summed E-state index contributed by atoms with van der Waals surface area (Å²) < 4.78 is 2.06. The molecule has 1 amide bonds. The lowest BCUT2D eigenvalue weighted by Gasteiger charge is -2.25. The monoisotopic (exact) mass is 327 g/mol. The Morgan fingerprint density at radius 1 is 1.22 bits per heavy atom. The van der Waals surface area contributed by atoms with Gasteiger partial charge in [0.15, 0.2) is 0 Å². The first kappa shape index (κ1) is 14.8. The highest BCUT2D eigenvalue weighted by Gasteiger charge is 2.32. The molecule has 1 N–H and O–H groups in total. The second-order valence-corrected chi connectivity index (χ2v) is 7.29. The molecule has 2 heterocycles. The van der Waals surface area contributed by atoms with Crippen LogP contribution >= 0.6 is 11.8 Å². The molecule has 5 heteroatoms. The molecule has 1 saturated carbocycles. The molecule has 0 saturated heterocycles. The standard InChI is InChI=1S/C18H21N3OS/c1-23-14-8-6-12(7-9-14)15-10-17(22)20-18-16(15)11-19-21(18)13-4-2-3-5-13/h6-9,11,13,15H,2-5,10H2,1H3,(H,20,22)/t15-/m1/s1. The van der Waals surface area contributed by atoms with Crippen molar-refractivity contribution in [1.29, 1.82) is 0 Å². The van der Waals surface area contributed by atoms with Crippen molar-refractivity contribution in [2.75, 3.05) is 11.6 Å². The van der Waals surface area contributed by atoms with Crippen LogP contribution in [-0.4, -0.2) is 21.9 Å². The highest BCUT2D eigenvalue weighted by Crippen LogP contribution is 2.40. The highest BCUT2D eigenvalue weighted by molar-refractivity contribution is 7.98. The van der Waals surface area contributed by atoms with Gasteiger partial charge in [0.05, 0.1) is 12.2 Å². The first-order chi connectivity index (χ1) is 11.3. The number of amides is 1. The van der Waals surface area contributed by atoms with Crippen molar-refractivity contribution in [3.8, 4) is 0 Å². The van der Waals surface area contributed by atoms with Crippen molar-refractivity contribution in [1.82, 2.24) is 9.78 Å². The van der Waals surface area contributed by atoms with Gasteiger partial charge in [-0.2, -0.15) is 5.10 Å². The number of aromatic nitrogens is 2. The van der Waals surface area contributed by atoms with Gasteiger partial charge in [-0.15, -0.1) is 11.8 Å². The molecule has 1 aliphatic heterocycles. The van der Waals surface area contributed by atoms with Gasteiger partial charge in [0, 0.05) is 22.8 Å². The third-order valence-corrected chi connectivity index (χ3v) is 5.78.